The minimum absolute atomic E-state index is 0.0447. The van der Waals surface area contributed by atoms with Gasteiger partial charge in [0.15, 0.2) is 0 Å². The lowest BCUT2D eigenvalue weighted by Gasteiger charge is -2.43. The smallest absolute Gasteiger partial charge is 0.354 e. The Balaban J connectivity index is 2.16. The molecule has 1 aromatic rings. The van der Waals surface area contributed by atoms with Crippen LogP contribution in [-0.2, 0) is 6.18 Å². The molecule has 1 aromatic heterocycles. The second kappa shape index (κ2) is 5.24. The van der Waals surface area contributed by atoms with Crippen molar-refractivity contribution in [3.63, 3.8) is 0 Å². The van der Waals surface area contributed by atoms with Crippen LogP contribution in [0.2, 0.25) is 0 Å². The van der Waals surface area contributed by atoms with Crippen LogP contribution in [0.4, 0.5) is 19.0 Å². The highest BCUT2D eigenvalue weighted by Gasteiger charge is 2.36. The van der Waals surface area contributed by atoms with Crippen molar-refractivity contribution in [2.45, 2.75) is 32.5 Å². The molecule has 2 rings (SSSR count). The molecule has 20 heavy (non-hydrogen) atoms. The van der Waals surface area contributed by atoms with Gasteiger partial charge in [0.1, 0.15) is 5.82 Å². The van der Waals surface area contributed by atoms with Crippen LogP contribution >= 0.6 is 0 Å². The van der Waals surface area contributed by atoms with Crippen molar-refractivity contribution >= 4 is 5.82 Å². The zero-order valence-electron chi connectivity index (χ0n) is 12.0. The van der Waals surface area contributed by atoms with E-state index in [9.17, 15) is 13.2 Å². The number of hydrogen-bond acceptors (Lipinski definition) is 3. The average Bonchev–Trinajstić information content (AvgIpc) is 2.37. The third kappa shape index (κ3) is 3.23. The highest BCUT2D eigenvalue weighted by atomic mass is 19.4. The third-order valence-electron chi connectivity index (χ3n) is 3.62. The normalized spacial score (nSPS) is 18.4. The molecule has 112 valence electrons. The quantitative estimate of drug-likeness (QED) is 0.791. The summed E-state index contributed by atoms with van der Waals surface area (Å²) in [6.45, 7) is 8.98. The van der Waals surface area contributed by atoms with Gasteiger partial charge in [0, 0.05) is 37.9 Å². The number of pyridine rings is 1. The highest BCUT2D eigenvalue weighted by molar-refractivity contribution is 5.48. The van der Waals surface area contributed by atoms with E-state index in [4.69, 9.17) is 0 Å². The Hall–Kier alpha value is -1.30. The number of anilines is 1. The maximum atomic E-state index is 13.0. The number of halogens is 3. The standard InChI is InChI=1S/C14H20F3N3/c1-13(2,3)20-9-7-19(8-10-20)12-11(14(15,16)17)5-4-6-18-12/h4-6H,7-10H2,1-3H3. The predicted octanol–water partition coefficient (Wildman–Crippen LogP) is 3.02. The summed E-state index contributed by atoms with van der Waals surface area (Å²) in [4.78, 5) is 7.95. The Morgan fingerprint density at radius 1 is 1.05 bits per heavy atom. The summed E-state index contributed by atoms with van der Waals surface area (Å²) in [5.41, 5.74) is -0.604. The Labute approximate surface area is 117 Å². The van der Waals surface area contributed by atoms with Crippen LogP contribution in [0.1, 0.15) is 26.3 Å². The van der Waals surface area contributed by atoms with Gasteiger partial charge in [-0.3, -0.25) is 4.90 Å². The highest BCUT2D eigenvalue weighted by Crippen LogP contribution is 2.35. The van der Waals surface area contributed by atoms with Crippen LogP contribution in [0.15, 0.2) is 18.3 Å². The molecule has 0 bridgehead atoms. The van der Waals surface area contributed by atoms with Crippen LogP contribution in [-0.4, -0.2) is 41.6 Å². The molecule has 0 aliphatic carbocycles. The summed E-state index contributed by atoms with van der Waals surface area (Å²) < 4.78 is 39.0. The van der Waals surface area contributed by atoms with Crippen LogP contribution in [0.3, 0.4) is 0 Å². The molecule has 2 heterocycles. The van der Waals surface area contributed by atoms with Gasteiger partial charge >= 0.3 is 6.18 Å². The first-order valence-electron chi connectivity index (χ1n) is 6.72. The Morgan fingerprint density at radius 2 is 1.65 bits per heavy atom. The molecular weight excluding hydrogens is 267 g/mol. The van der Waals surface area contributed by atoms with Crippen molar-refractivity contribution in [1.29, 1.82) is 0 Å². The Kier molecular flexibility index (Phi) is 3.95. The molecule has 0 unspecified atom stereocenters. The summed E-state index contributed by atoms with van der Waals surface area (Å²) in [5.74, 6) is 0.0496. The molecule has 1 aliphatic rings. The monoisotopic (exact) mass is 287 g/mol. The van der Waals surface area contributed by atoms with E-state index in [0.717, 1.165) is 19.2 Å². The van der Waals surface area contributed by atoms with Gasteiger partial charge in [-0.05, 0) is 32.9 Å². The van der Waals surface area contributed by atoms with E-state index in [2.05, 4.69) is 30.7 Å². The molecule has 0 spiro atoms. The third-order valence-corrected chi connectivity index (χ3v) is 3.62. The summed E-state index contributed by atoms with van der Waals surface area (Å²) in [5, 5.41) is 0. The van der Waals surface area contributed by atoms with Crippen molar-refractivity contribution in [2.75, 3.05) is 31.1 Å². The van der Waals surface area contributed by atoms with E-state index in [1.807, 2.05) is 0 Å². The zero-order valence-corrected chi connectivity index (χ0v) is 12.0. The number of hydrogen-bond donors (Lipinski definition) is 0. The van der Waals surface area contributed by atoms with Gasteiger partial charge < -0.3 is 4.90 Å². The van der Waals surface area contributed by atoms with Crippen molar-refractivity contribution in [3.05, 3.63) is 23.9 Å². The second-order valence-electron chi connectivity index (χ2n) is 6.02. The Morgan fingerprint density at radius 3 is 2.15 bits per heavy atom. The number of alkyl halides is 3. The van der Waals surface area contributed by atoms with E-state index in [0.29, 0.717) is 13.1 Å². The number of rotatable bonds is 1. The summed E-state index contributed by atoms with van der Waals surface area (Å²) in [6.07, 6.45) is -2.94. The van der Waals surface area contributed by atoms with Gasteiger partial charge in [0.05, 0.1) is 5.56 Å². The first kappa shape index (κ1) is 15.1. The summed E-state index contributed by atoms with van der Waals surface area (Å²) in [6, 6.07) is 2.43. The number of aromatic nitrogens is 1. The van der Waals surface area contributed by atoms with Gasteiger partial charge in [-0.2, -0.15) is 13.2 Å². The van der Waals surface area contributed by atoms with Gasteiger partial charge in [-0.25, -0.2) is 4.98 Å². The molecule has 3 nitrogen and oxygen atoms in total. The maximum absolute atomic E-state index is 13.0. The molecule has 6 heteroatoms. The molecular formula is C14H20F3N3. The lowest BCUT2D eigenvalue weighted by atomic mass is 10.0. The molecule has 0 saturated carbocycles. The minimum atomic E-state index is -4.36. The lowest BCUT2D eigenvalue weighted by molar-refractivity contribution is -0.137. The second-order valence-corrected chi connectivity index (χ2v) is 6.02. The van der Waals surface area contributed by atoms with Gasteiger partial charge in [0.2, 0.25) is 0 Å². The maximum Gasteiger partial charge on any atom is 0.419 e. The lowest BCUT2D eigenvalue weighted by Crippen LogP contribution is -2.53. The number of piperazine rings is 1. The van der Waals surface area contributed by atoms with Crippen LogP contribution in [0.25, 0.3) is 0 Å². The average molecular weight is 287 g/mol. The van der Waals surface area contributed by atoms with Crippen LogP contribution < -0.4 is 4.90 Å². The summed E-state index contributed by atoms with van der Waals surface area (Å²) in [7, 11) is 0. The molecule has 0 radical (unpaired) electrons. The molecule has 0 amide bonds. The molecule has 1 saturated heterocycles. The largest absolute Gasteiger partial charge is 0.419 e. The SMILES string of the molecule is CC(C)(C)N1CCN(c2ncccc2C(F)(F)F)CC1. The van der Waals surface area contributed by atoms with Gasteiger partial charge in [-0.1, -0.05) is 0 Å². The molecule has 1 fully saturated rings. The summed E-state index contributed by atoms with van der Waals surface area (Å²) >= 11 is 0. The van der Waals surface area contributed by atoms with Crippen LogP contribution in [0, 0.1) is 0 Å². The zero-order chi connectivity index (χ0) is 15.0. The van der Waals surface area contributed by atoms with E-state index in [-0.39, 0.29) is 11.4 Å². The van der Waals surface area contributed by atoms with Crippen LogP contribution in [0.5, 0.6) is 0 Å². The van der Waals surface area contributed by atoms with Gasteiger partial charge in [-0.15, -0.1) is 0 Å². The van der Waals surface area contributed by atoms with E-state index in [1.54, 1.807) is 4.90 Å². The topological polar surface area (TPSA) is 19.4 Å². The fraction of sp³-hybridized carbons (Fsp3) is 0.643. The first-order valence-corrected chi connectivity index (χ1v) is 6.72. The number of nitrogens with zero attached hydrogens (tertiary/aromatic N) is 3. The fourth-order valence-electron chi connectivity index (χ4n) is 2.46. The van der Waals surface area contributed by atoms with Crippen molar-refractivity contribution in [1.82, 2.24) is 9.88 Å². The fourth-order valence-corrected chi connectivity index (χ4v) is 2.46. The van der Waals surface area contributed by atoms with E-state index >= 15 is 0 Å². The van der Waals surface area contributed by atoms with E-state index in [1.165, 1.54) is 12.3 Å². The minimum Gasteiger partial charge on any atom is -0.354 e. The first-order chi connectivity index (χ1) is 9.19. The van der Waals surface area contributed by atoms with Crippen molar-refractivity contribution in [3.8, 4) is 0 Å². The molecule has 0 aromatic carbocycles. The Bertz CT molecular complexity index is 457. The molecule has 0 atom stereocenters. The van der Waals surface area contributed by atoms with E-state index < -0.39 is 11.7 Å². The van der Waals surface area contributed by atoms with Gasteiger partial charge in [0.25, 0.3) is 0 Å². The molecule has 1 aliphatic heterocycles. The van der Waals surface area contributed by atoms with Crippen molar-refractivity contribution in [2.24, 2.45) is 0 Å². The molecule has 0 N–H and O–H groups in total. The van der Waals surface area contributed by atoms with Crippen molar-refractivity contribution < 1.29 is 13.2 Å². The predicted molar refractivity (Wildman–Crippen MR) is 72.8 cm³/mol.